The molecule has 0 fully saturated rings. The third kappa shape index (κ3) is 4.11. The fraction of sp³-hybridized carbons (Fsp3) is 0.294. The Labute approximate surface area is 114 Å². The first-order valence-corrected chi connectivity index (χ1v) is 6.72. The molecule has 2 heteroatoms. The van der Waals surface area contributed by atoms with Crippen molar-refractivity contribution in [3.63, 3.8) is 0 Å². The molecule has 2 nitrogen and oxygen atoms in total. The van der Waals surface area contributed by atoms with E-state index in [1.165, 1.54) is 11.1 Å². The van der Waals surface area contributed by atoms with E-state index in [2.05, 4.69) is 19.1 Å². The molecular weight excluding hydrogens is 236 g/mol. The third-order valence-electron chi connectivity index (χ3n) is 3.20. The number of hydrogen-bond donors (Lipinski definition) is 1. The Morgan fingerprint density at radius 1 is 0.842 bits per heavy atom. The van der Waals surface area contributed by atoms with Crippen molar-refractivity contribution in [1.29, 1.82) is 0 Å². The molecule has 19 heavy (non-hydrogen) atoms. The van der Waals surface area contributed by atoms with E-state index in [1.54, 1.807) is 0 Å². The van der Waals surface area contributed by atoms with Gasteiger partial charge in [0.05, 0.1) is 13.2 Å². The van der Waals surface area contributed by atoms with Crippen molar-refractivity contribution in [2.75, 3.05) is 6.61 Å². The zero-order valence-electron chi connectivity index (χ0n) is 11.3. The summed E-state index contributed by atoms with van der Waals surface area (Å²) in [5.41, 5.74) is 3.49. The number of aryl methyl sites for hydroxylation is 1. The monoisotopic (exact) mass is 256 g/mol. The van der Waals surface area contributed by atoms with Crippen LogP contribution in [0.5, 0.6) is 5.75 Å². The van der Waals surface area contributed by atoms with Crippen molar-refractivity contribution in [2.45, 2.75) is 26.4 Å². The van der Waals surface area contributed by atoms with E-state index in [4.69, 9.17) is 9.84 Å². The highest BCUT2D eigenvalue weighted by Crippen LogP contribution is 2.13. The van der Waals surface area contributed by atoms with Gasteiger partial charge < -0.3 is 9.84 Å². The van der Waals surface area contributed by atoms with Crippen molar-refractivity contribution in [3.05, 3.63) is 65.2 Å². The van der Waals surface area contributed by atoms with Gasteiger partial charge in [0, 0.05) is 6.42 Å². The normalized spacial score (nSPS) is 10.4. The maximum atomic E-state index is 8.97. The van der Waals surface area contributed by atoms with Crippen LogP contribution in [0.1, 0.15) is 23.6 Å². The lowest BCUT2D eigenvalue weighted by Gasteiger charge is -2.07. The summed E-state index contributed by atoms with van der Waals surface area (Å²) in [4.78, 5) is 0. The molecule has 0 aliphatic rings. The van der Waals surface area contributed by atoms with Crippen LogP contribution >= 0.6 is 0 Å². The molecule has 2 rings (SSSR count). The predicted molar refractivity (Wildman–Crippen MR) is 77.4 cm³/mol. The summed E-state index contributed by atoms with van der Waals surface area (Å²) in [6.45, 7) is 2.91. The van der Waals surface area contributed by atoms with Crippen LogP contribution in [0.3, 0.4) is 0 Å². The van der Waals surface area contributed by atoms with Gasteiger partial charge in [0.25, 0.3) is 0 Å². The van der Waals surface area contributed by atoms with Gasteiger partial charge in [-0.2, -0.15) is 0 Å². The van der Waals surface area contributed by atoms with E-state index in [1.807, 2.05) is 36.4 Å². The van der Waals surface area contributed by atoms with Crippen LogP contribution in [0.2, 0.25) is 0 Å². The van der Waals surface area contributed by atoms with Gasteiger partial charge in [0.1, 0.15) is 5.75 Å². The molecule has 2 aromatic rings. The largest absolute Gasteiger partial charge is 0.493 e. The topological polar surface area (TPSA) is 29.5 Å². The molecule has 0 heterocycles. The first kappa shape index (κ1) is 13.6. The lowest BCUT2D eigenvalue weighted by Crippen LogP contribution is -2.01. The van der Waals surface area contributed by atoms with E-state index in [9.17, 15) is 0 Å². The highest BCUT2D eigenvalue weighted by atomic mass is 16.5. The molecule has 1 N–H and O–H groups in total. The maximum Gasteiger partial charge on any atom is 0.119 e. The van der Waals surface area contributed by atoms with Crippen molar-refractivity contribution in [2.24, 2.45) is 0 Å². The number of ether oxygens (including phenoxy) is 1. The zero-order valence-corrected chi connectivity index (χ0v) is 11.3. The Hall–Kier alpha value is -1.80. The van der Waals surface area contributed by atoms with Crippen molar-refractivity contribution >= 4 is 0 Å². The number of rotatable bonds is 6. The number of hydrogen-bond acceptors (Lipinski definition) is 2. The van der Waals surface area contributed by atoms with Crippen molar-refractivity contribution < 1.29 is 9.84 Å². The Balaban J connectivity index is 1.81. The minimum atomic E-state index is 0.0978. The van der Waals surface area contributed by atoms with E-state index in [0.29, 0.717) is 6.61 Å². The molecule has 0 bridgehead atoms. The van der Waals surface area contributed by atoms with Gasteiger partial charge >= 0.3 is 0 Å². The Morgan fingerprint density at radius 3 is 2.00 bits per heavy atom. The minimum absolute atomic E-state index is 0.0978. The lowest BCUT2D eigenvalue weighted by molar-refractivity contribution is 0.282. The Bertz CT molecular complexity index is 438. The highest BCUT2D eigenvalue weighted by Gasteiger charge is 1.97. The molecule has 0 atom stereocenters. The van der Waals surface area contributed by atoms with Gasteiger partial charge in [-0.15, -0.1) is 0 Å². The van der Waals surface area contributed by atoms with Gasteiger partial charge in [0.15, 0.2) is 0 Å². The fourth-order valence-corrected chi connectivity index (χ4v) is 1.92. The first-order chi connectivity index (χ1) is 9.31. The van der Waals surface area contributed by atoms with E-state index in [-0.39, 0.29) is 6.61 Å². The van der Waals surface area contributed by atoms with Crippen LogP contribution < -0.4 is 4.74 Å². The van der Waals surface area contributed by atoms with Crippen LogP contribution in [-0.4, -0.2) is 11.7 Å². The van der Waals surface area contributed by atoms with Crippen molar-refractivity contribution in [3.8, 4) is 5.75 Å². The average molecular weight is 256 g/mol. The Morgan fingerprint density at radius 2 is 1.42 bits per heavy atom. The summed E-state index contributed by atoms with van der Waals surface area (Å²) in [7, 11) is 0. The average Bonchev–Trinajstić information content (AvgIpc) is 2.49. The first-order valence-electron chi connectivity index (χ1n) is 6.72. The lowest BCUT2D eigenvalue weighted by atomic mass is 10.1. The molecule has 0 aliphatic carbocycles. The van der Waals surface area contributed by atoms with Gasteiger partial charge in [0.2, 0.25) is 0 Å². The second-order valence-corrected chi connectivity index (χ2v) is 4.57. The van der Waals surface area contributed by atoms with E-state index in [0.717, 1.165) is 24.2 Å². The quantitative estimate of drug-likeness (QED) is 0.858. The standard InChI is InChI=1S/C17H20O2/c1-2-14-7-9-17(10-8-14)19-12-11-15-3-5-16(13-18)6-4-15/h3-10,18H,2,11-13H2,1H3. The summed E-state index contributed by atoms with van der Waals surface area (Å²) in [5, 5.41) is 8.97. The minimum Gasteiger partial charge on any atom is -0.493 e. The summed E-state index contributed by atoms with van der Waals surface area (Å²) in [6, 6.07) is 16.2. The molecule has 100 valence electrons. The molecular formula is C17H20O2. The molecule has 0 unspecified atom stereocenters. The molecule has 0 aromatic heterocycles. The van der Waals surface area contributed by atoms with Crippen LogP contribution in [0, 0.1) is 0 Å². The molecule has 0 amide bonds. The number of aliphatic hydroxyl groups excluding tert-OH is 1. The molecule has 0 radical (unpaired) electrons. The SMILES string of the molecule is CCc1ccc(OCCc2ccc(CO)cc2)cc1. The second-order valence-electron chi connectivity index (χ2n) is 4.57. The fourth-order valence-electron chi connectivity index (χ4n) is 1.92. The molecule has 2 aromatic carbocycles. The van der Waals surface area contributed by atoms with E-state index >= 15 is 0 Å². The predicted octanol–water partition coefficient (Wildman–Crippen LogP) is 3.36. The van der Waals surface area contributed by atoms with Crippen LogP contribution in [0.4, 0.5) is 0 Å². The smallest absolute Gasteiger partial charge is 0.119 e. The second kappa shape index (κ2) is 6.95. The van der Waals surface area contributed by atoms with Gasteiger partial charge in [-0.05, 0) is 35.2 Å². The summed E-state index contributed by atoms with van der Waals surface area (Å²) < 4.78 is 5.72. The third-order valence-corrected chi connectivity index (χ3v) is 3.20. The van der Waals surface area contributed by atoms with E-state index < -0.39 is 0 Å². The van der Waals surface area contributed by atoms with Gasteiger partial charge in [-0.1, -0.05) is 43.3 Å². The van der Waals surface area contributed by atoms with Gasteiger partial charge in [-0.3, -0.25) is 0 Å². The van der Waals surface area contributed by atoms with Crippen LogP contribution in [0.15, 0.2) is 48.5 Å². The maximum absolute atomic E-state index is 8.97. The molecule has 0 spiro atoms. The summed E-state index contributed by atoms with van der Waals surface area (Å²) >= 11 is 0. The highest BCUT2D eigenvalue weighted by molar-refractivity contribution is 5.27. The van der Waals surface area contributed by atoms with Gasteiger partial charge in [-0.25, -0.2) is 0 Å². The Kier molecular flexibility index (Phi) is 4.99. The summed E-state index contributed by atoms with van der Waals surface area (Å²) in [6.07, 6.45) is 1.93. The molecule has 0 saturated heterocycles. The van der Waals surface area contributed by atoms with Crippen LogP contribution in [0.25, 0.3) is 0 Å². The van der Waals surface area contributed by atoms with Crippen LogP contribution in [-0.2, 0) is 19.4 Å². The number of benzene rings is 2. The number of aliphatic hydroxyl groups is 1. The summed E-state index contributed by atoms with van der Waals surface area (Å²) in [5.74, 6) is 0.921. The molecule has 0 aliphatic heterocycles. The zero-order chi connectivity index (χ0) is 13.5. The molecule has 0 saturated carbocycles. The van der Waals surface area contributed by atoms with Crippen molar-refractivity contribution in [1.82, 2.24) is 0 Å².